The van der Waals surface area contributed by atoms with Crippen LogP contribution in [0.2, 0.25) is 0 Å². The third-order valence-electron chi connectivity index (χ3n) is 2.31. The molecule has 16 heavy (non-hydrogen) atoms. The zero-order valence-corrected chi connectivity index (χ0v) is 12.7. The van der Waals surface area contributed by atoms with Gasteiger partial charge < -0.3 is 9.73 Å². The summed E-state index contributed by atoms with van der Waals surface area (Å²) in [4.78, 5) is 1.33. The van der Waals surface area contributed by atoms with Crippen molar-refractivity contribution >= 4 is 43.2 Å². The Bertz CT molecular complexity index is 466. The molecule has 86 valence electrons. The molecule has 5 heteroatoms. The van der Waals surface area contributed by atoms with Crippen molar-refractivity contribution in [1.29, 1.82) is 0 Å². The van der Waals surface area contributed by atoms with E-state index in [9.17, 15) is 0 Å². The van der Waals surface area contributed by atoms with E-state index in [1.165, 1.54) is 4.88 Å². The summed E-state index contributed by atoms with van der Waals surface area (Å²) in [6.07, 6.45) is 0.937. The van der Waals surface area contributed by atoms with Crippen LogP contribution in [-0.4, -0.2) is 7.05 Å². The number of rotatable bonds is 4. The summed E-state index contributed by atoms with van der Waals surface area (Å²) in [6.45, 7) is 0. The average molecular weight is 365 g/mol. The van der Waals surface area contributed by atoms with Crippen LogP contribution in [0.5, 0.6) is 0 Å². The van der Waals surface area contributed by atoms with Gasteiger partial charge in [0.25, 0.3) is 0 Å². The summed E-state index contributed by atoms with van der Waals surface area (Å²) < 4.78 is 7.48. The Morgan fingerprint density at radius 3 is 2.75 bits per heavy atom. The van der Waals surface area contributed by atoms with Crippen LogP contribution < -0.4 is 5.32 Å². The molecular weight excluding hydrogens is 354 g/mol. The van der Waals surface area contributed by atoms with E-state index in [4.69, 9.17) is 4.42 Å². The lowest BCUT2D eigenvalue weighted by molar-refractivity contribution is 0.418. The molecule has 0 saturated carbocycles. The van der Waals surface area contributed by atoms with E-state index < -0.39 is 0 Å². The summed E-state index contributed by atoms with van der Waals surface area (Å²) in [5, 5.41) is 5.36. The highest BCUT2D eigenvalue weighted by atomic mass is 79.9. The van der Waals surface area contributed by atoms with Gasteiger partial charge in [-0.05, 0) is 57.1 Å². The van der Waals surface area contributed by atoms with E-state index >= 15 is 0 Å². The molecule has 2 aromatic heterocycles. The van der Waals surface area contributed by atoms with E-state index in [0.717, 1.165) is 21.3 Å². The highest BCUT2D eigenvalue weighted by Crippen LogP contribution is 2.27. The van der Waals surface area contributed by atoms with Crippen molar-refractivity contribution in [2.45, 2.75) is 12.5 Å². The normalized spacial score (nSPS) is 12.9. The number of hydrogen-bond acceptors (Lipinski definition) is 3. The van der Waals surface area contributed by atoms with Crippen molar-refractivity contribution in [1.82, 2.24) is 5.32 Å². The van der Waals surface area contributed by atoms with Gasteiger partial charge in [0.15, 0.2) is 4.67 Å². The zero-order chi connectivity index (χ0) is 11.5. The van der Waals surface area contributed by atoms with Gasteiger partial charge in [-0.25, -0.2) is 0 Å². The molecule has 0 saturated heterocycles. The monoisotopic (exact) mass is 363 g/mol. The minimum Gasteiger partial charge on any atom is -0.453 e. The van der Waals surface area contributed by atoms with Crippen molar-refractivity contribution in [3.05, 3.63) is 43.4 Å². The fraction of sp³-hybridized carbons (Fsp3) is 0.273. The van der Waals surface area contributed by atoms with Gasteiger partial charge in [0.2, 0.25) is 0 Å². The van der Waals surface area contributed by atoms with Crippen LogP contribution in [-0.2, 0) is 6.42 Å². The maximum absolute atomic E-state index is 5.56. The molecule has 0 bridgehead atoms. The Morgan fingerprint density at radius 1 is 1.44 bits per heavy atom. The summed E-state index contributed by atoms with van der Waals surface area (Å²) in [5.74, 6) is 0.957. The second-order valence-corrected chi connectivity index (χ2v) is 6.11. The molecule has 2 rings (SSSR count). The second-order valence-electron chi connectivity index (χ2n) is 3.42. The highest BCUT2D eigenvalue weighted by Gasteiger charge is 2.14. The maximum atomic E-state index is 5.56. The van der Waals surface area contributed by atoms with Gasteiger partial charge in [0, 0.05) is 21.2 Å². The van der Waals surface area contributed by atoms with E-state index in [0.29, 0.717) is 0 Å². The van der Waals surface area contributed by atoms with Gasteiger partial charge in [-0.3, -0.25) is 0 Å². The molecule has 2 aromatic rings. The van der Waals surface area contributed by atoms with Crippen molar-refractivity contribution < 1.29 is 4.42 Å². The van der Waals surface area contributed by atoms with Gasteiger partial charge in [-0.15, -0.1) is 11.3 Å². The predicted octanol–water partition coefficient (Wildman–Crippen LogP) is 4.37. The lowest BCUT2D eigenvalue weighted by Gasteiger charge is -2.11. The van der Waals surface area contributed by atoms with Gasteiger partial charge in [0.05, 0.1) is 6.04 Å². The van der Waals surface area contributed by atoms with E-state index in [-0.39, 0.29) is 6.04 Å². The number of likely N-dealkylation sites (N-methyl/N-ethyl adjacent to an activating group) is 1. The first kappa shape index (κ1) is 12.4. The lowest BCUT2D eigenvalue weighted by Crippen LogP contribution is -2.17. The van der Waals surface area contributed by atoms with Crippen LogP contribution in [0.3, 0.4) is 0 Å². The van der Waals surface area contributed by atoms with Crippen LogP contribution in [0.4, 0.5) is 0 Å². The molecule has 1 atom stereocenters. The van der Waals surface area contributed by atoms with Gasteiger partial charge >= 0.3 is 0 Å². The standard InChI is InChI=1S/C11H11Br2NOS/c1-14-9(10-2-3-11(13)15-10)5-8-4-7(12)6-16-8/h2-4,6,9,14H,5H2,1H3. The first-order valence-corrected chi connectivity index (χ1v) is 7.31. The fourth-order valence-electron chi connectivity index (χ4n) is 1.52. The molecule has 0 amide bonds. The highest BCUT2D eigenvalue weighted by molar-refractivity contribution is 9.10. The fourth-order valence-corrected chi connectivity index (χ4v) is 3.34. The molecular formula is C11H11Br2NOS. The largest absolute Gasteiger partial charge is 0.453 e. The van der Waals surface area contributed by atoms with Crippen LogP contribution in [0.25, 0.3) is 0 Å². The molecule has 0 radical (unpaired) electrons. The number of nitrogens with one attached hydrogen (secondary N) is 1. The molecule has 1 unspecified atom stereocenters. The van der Waals surface area contributed by atoms with Crippen LogP contribution in [0.15, 0.2) is 37.1 Å². The third-order valence-corrected chi connectivity index (χ3v) is 4.46. The first-order valence-electron chi connectivity index (χ1n) is 4.84. The second kappa shape index (κ2) is 5.49. The molecule has 2 nitrogen and oxygen atoms in total. The summed E-state index contributed by atoms with van der Waals surface area (Å²) >= 11 is 8.54. The maximum Gasteiger partial charge on any atom is 0.169 e. The summed E-state index contributed by atoms with van der Waals surface area (Å²) in [7, 11) is 1.95. The predicted molar refractivity (Wildman–Crippen MR) is 73.9 cm³/mol. The Morgan fingerprint density at radius 2 is 2.25 bits per heavy atom. The molecule has 2 heterocycles. The van der Waals surface area contributed by atoms with Crippen LogP contribution >= 0.6 is 43.2 Å². The molecule has 0 spiro atoms. The van der Waals surface area contributed by atoms with Gasteiger partial charge in [-0.2, -0.15) is 0 Å². The number of furan rings is 1. The topological polar surface area (TPSA) is 25.2 Å². The zero-order valence-electron chi connectivity index (χ0n) is 8.67. The summed E-state index contributed by atoms with van der Waals surface area (Å²) in [5.41, 5.74) is 0. The Balaban J connectivity index is 2.12. The van der Waals surface area contributed by atoms with Gasteiger partial charge in [0.1, 0.15) is 5.76 Å². The minimum absolute atomic E-state index is 0.219. The molecule has 0 aliphatic heterocycles. The number of halogens is 2. The van der Waals surface area contributed by atoms with Crippen molar-refractivity contribution in [3.63, 3.8) is 0 Å². The quantitative estimate of drug-likeness (QED) is 0.871. The molecule has 0 aromatic carbocycles. The molecule has 0 fully saturated rings. The lowest BCUT2D eigenvalue weighted by atomic mass is 10.1. The minimum atomic E-state index is 0.219. The Labute approximate surface area is 115 Å². The Hall–Kier alpha value is -0.100. The summed E-state index contributed by atoms with van der Waals surface area (Å²) in [6, 6.07) is 6.28. The van der Waals surface area contributed by atoms with E-state index in [1.54, 1.807) is 11.3 Å². The SMILES string of the molecule is CNC(Cc1cc(Br)cs1)c1ccc(Br)o1. The number of thiophene rings is 1. The van der Waals surface area contributed by atoms with E-state index in [2.05, 4.69) is 48.6 Å². The van der Waals surface area contributed by atoms with Crippen molar-refractivity contribution in [2.24, 2.45) is 0 Å². The van der Waals surface area contributed by atoms with Crippen molar-refractivity contribution in [2.75, 3.05) is 7.05 Å². The van der Waals surface area contributed by atoms with E-state index in [1.807, 2.05) is 19.2 Å². The molecule has 0 aliphatic rings. The smallest absolute Gasteiger partial charge is 0.169 e. The van der Waals surface area contributed by atoms with Crippen molar-refractivity contribution in [3.8, 4) is 0 Å². The average Bonchev–Trinajstić information content (AvgIpc) is 2.84. The molecule has 0 aliphatic carbocycles. The number of hydrogen-bond donors (Lipinski definition) is 1. The Kier molecular flexibility index (Phi) is 4.24. The van der Waals surface area contributed by atoms with Crippen LogP contribution in [0.1, 0.15) is 16.7 Å². The first-order chi connectivity index (χ1) is 7.69. The molecule has 1 N–H and O–H groups in total. The van der Waals surface area contributed by atoms with Crippen LogP contribution in [0, 0.1) is 0 Å². The third kappa shape index (κ3) is 2.97. The van der Waals surface area contributed by atoms with Gasteiger partial charge in [-0.1, -0.05) is 0 Å².